The minimum atomic E-state index is -1.05. The number of aromatic nitrogens is 3. The molecule has 0 fully saturated rings. The number of halogens is 2. The first kappa shape index (κ1) is 11.5. The van der Waals surface area contributed by atoms with Gasteiger partial charge in [0.25, 0.3) is 0 Å². The molecule has 0 N–H and O–H groups in total. The Hall–Kier alpha value is -2.63. The largest absolute Gasteiger partial charge is 0.436 e. The lowest BCUT2D eigenvalue weighted by molar-refractivity contribution is 0.406. The predicted octanol–water partition coefficient (Wildman–Crippen LogP) is 3.10. The van der Waals surface area contributed by atoms with Gasteiger partial charge < -0.3 is 4.74 Å². The van der Waals surface area contributed by atoms with Gasteiger partial charge in [0.15, 0.2) is 17.2 Å². The molecule has 0 aliphatic rings. The number of benzene rings is 1. The Morgan fingerprint density at radius 2 is 1.79 bits per heavy atom. The van der Waals surface area contributed by atoms with Gasteiger partial charge in [0, 0.05) is 18.5 Å². The first-order chi connectivity index (χ1) is 9.24. The van der Waals surface area contributed by atoms with Crippen molar-refractivity contribution in [2.75, 3.05) is 0 Å². The monoisotopic (exact) mass is 259 g/mol. The topological polar surface area (TPSA) is 47.9 Å². The van der Waals surface area contributed by atoms with Crippen LogP contribution in [-0.4, -0.2) is 15.0 Å². The van der Waals surface area contributed by atoms with Gasteiger partial charge in [-0.05, 0) is 18.2 Å². The number of nitrogens with zero attached hydrogens (tertiary/aromatic N) is 3. The zero-order valence-corrected chi connectivity index (χ0v) is 9.55. The van der Waals surface area contributed by atoms with E-state index in [0.29, 0.717) is 11.2 Å². The van der Waals surface area contributed by atoms with E-state index in [-0.39, 0.29) is 11.6 Å². The maximum absolute atomic E-state index is 13.4. The Labute approximate surface area is 106 Å². The predicted molar refractivity (Wildman–Crippen MR) is 63.8 cm³/mol. The van der Waals surface area contributed by atoms with Crippen LogP contribution < -0.4 is 4.74 Å². The van der Waals surface area contributed by atoms with Crippen LogP contribution in [0.4, 0.5) is 8.78 Å². The van der Waals surface area contributed by atoms with Crippen LogP contribution in [0, 0.1) is 11.6 Å². The molecule has 3 aromatic rings. The number of pyridine rings is 1. The lowest BCUT2D eigenvalue weighted by Crippen LogP contribution is -1.94. The van der Waals surface area contributed by atoms with Gasteiger partial charge in [0.2, 0.25) is 11.7 Å². The zero-order valence-electron chi connectivity index (χ0n) is 9.55. The molecule has 2 aromatic heterocycles. The molecule has 0 saturated heterocycles. The number of fused-ring (bicyclic) bond motifs is 1. The highest BCUT2D eigenvalue weighted by Gasteiger charge is 2.10. The van der Waals surface area contributed by atoms with E-state index >= 15 is 0 Å². The first-order valence-corrected chi connectivity index (χ1v) is 5.44. The molecule has 3 rings (SSSR count). The molecular formula is C13H7F2N3O. The van der Waals surface area contributed by atoms with Crippen molar-refractivity contribution >= 4 is 11.2 Å². The summed E-state index contributed by atoms with van der Waals surface area (Å²) in [6.07, 6.45) is 3.03. The fraction of sp³-hybridized carbons (Fsp3) is 0. The molecule has 0 aliphatic carbocycles. The summed E-state index contributed by atoms with van der Waals surface area (Å²) in [6.45, 7) is 0. The van der Waals surface area contributed by atoms with E-state index in [1.165, 1.54) is 30.6 Å². The second-order valence-electron chi connectivity index (χ2n) is 3.70. The van der Waals surface area contributed by atoms with Crippen molar-refractivity contribution in [3.63, 3.8) is 0 Å². The van der Waals surface area contributed by atoms with Crippen LogP contribution in [-0.2, 0) is 0 Å². The molecule has 94 valence electrons. The summed E-state index contributed by atoms with van der Waals surface area (Å²) in [5.74, 6) is -2.13. The molecule has 0 atom stereocenters. The van der Waals surface area contributed by atoms with Crippen molar-refractivity contribution in [2.45, 2.75) is 0 Å². The van der Waals surface area contributed by atoms with Crippen molar-refractivity contribution in [2.24, 2.45) is 0 Å². The van der Waals surface area contributed by atoms with Gasteiger partial charge in [-0.25, -0.2) is 9.37 Å². The van der Waals surface area contributed by atoms with Crippen molar-refractivity contribution in [1.29, 1.82) is 0 Å². The molecule has 2 heterocycles. The highest BCUT2D eigenvalue weighted by Crippen LogP contribution is 2.25. The second kappa shape index (κ2) is 4.56. The van der Waals surface area contributed by atoms with Crippen molar-refractivity contribution in [3.05, 3.63) is 54.4 Å². The molecule has 0 aliphatic heterocycles. The standard InChI is InChI=1S/C13H7F2N3O/c14-8-2-1-3-10(12(8)15)19-11-5-4-9-13(18-11)17-7-6-16-9/h1-7H. The molecule has 0 amide bonds. The second-order valence-corrected chi connectivity index (χ2v) is 3.70. The van der Waals surface area contributed by atoms with Crippen LogP contribution in [0.15, 0.2) is 42.7 Å². The van der Waals surface area contributed by atoms with Gasteiger partial charge in [-0.1, -0.05) is 6.07 Å². The summed E-state index contributed by atoms with van der Waals surface area (Å²) < 4.78 is 31.7. The van der Waals surface area contributed by atoms with E-state index in [9.17, 15) is 8.78 Å². The number of hydrogen-bond acceptors (Lipinski definition) is 4. The number of hydrogen-bond donors (Lipinski definition) is 0. The van der Waals surface area contributed by atoms with Crippen LogP contribution in [0.2, 0.25) is 0 Å². The summed E-state index contributed by atoms with van der Waals surface area (Å²) in [4.78, 5) is 12.1. The average Bonchev–Trinajstić information content (AvgIpc) is 2.44. The maximum Gasteiger partial charge on any atom is 0.221 e. The van der Waals surface area contributed by atoms with E-state index in [2.05, 4.69) is 15.0 Å². The summed E-state index contributed by atoms with van der Waals surface area (Å²) in [5.41, 5.74) is 0.964. The molecule has 4 nitrogen and oxygen atoms in total. The molecule has 1 aromatic carbocycles. The molecule has 6 heteroatoms. The van der Waals surface area contributed by atoms with Gasteiger partial charge in [-0.15, -0.1) is 0 Å². The Morgan fingerprint density at radius 1 is 0.947 bits per heavy atom. The summed E-state index contributed by atoms with van der Waals surface area (Å²) >= 11 is 0. The third kappa shape index (κ3) is 2.20. The first-order valence-electron chi connectivity index (χ1n) is 5.44. The summed E-state index contributed by atoms with van der Waals surface area (Å²) in [7, 11) is 0. The third-order valence-corrected chi connectivity index (χ3v) is 2.44. The van der Waals surface area contributed by atoms with Gasteiger partial charge in [0.05, 0.1) is 0 Å². The quantitative estimate of drug-likeness (QED) is 0.709. The zero-order chi connectivity index (χ0) is 13.2. The van der Waals surface area contributed by atoms with E-state index in [4.69, 9.17) is 4.74 Å². The number of rotatable bonds is 2. The van der Waals surface area contributed by atoms with Crippen LogP contribution in [0.25, 0.3) is 11.2 Å². The third-order valence-electron chi connectivity index (χ3n) is 2.44. The molecule has 0 bridgehead atoms. The summed E-state index contributed by atoms with van der Waals surface area (Å²) in [6, 6.07) is 6.85. The van der Waals surface area contributed by atoms with E-state index < -0.39 is 11.6 Å². The van der Waals surface area contributed by atoms with Crippen molar-refractivity contribution < 1.29 is 13.5 Å². The fourth-order valence-corrected chi connectivity index (χ4v) is 1.57. The Bertz CT molecular complexity index is 749. The van der Waals surface area contributed by atoms with E-state index in [1.807, 2.05) is 0 Å². The lowest BCUT2D eigenvalue weighted by atomic mass is 10.3. The maximum atomic E-state index is 13.4. The van der Waals surface area contributed by atoms with E-state index in [0.717, 1.165) is 6.07 Å². The smallest absolute Gasteiger partial charge is 0.221 e. The minimum absolute atomic E-state index is 0.123. The van der Waals surface area contributed by atoms with Crippen molar-refractivity contribution in [1.82, 2.24) is 15.0 Å². The van der Waals surface area contributed by atoms with Crippen LogP contribution in [0.1, 0.15) is 0 Å². The van der Waals surface area contributed by atoms with Gasteiger partial charge >= 0.3 is 0 Å². The normalized spacial score (nSPS) is 10.6. The Balaban J connectivity index is 1.99. The Morgan fingerprint density at radius 3 is 2.68 bits per heavy atom. The molecule has 0 unspecified atom stereocenters. The molecule has 0 spiro atoms. The van der Waals surface area contributed by atoms with Gasteiger partial charge in [0.1, 0.15) is 5.52 Å². The van der Waals surface area contributed by atoms with E-state index in [1.54, 1.807) is 6.07 Å². The van der Waals surface area contributed by atoms with Crippen LogP contribution in [0.3, 0.4) is 0 Å². The average molecular weight is 259 g/mol. The Kier molecular flexibility index (Phi) is 2.75. The highest BCUT2D eigenvalue weighted by atomic mass is 19.2. The van der Waals surface area contributed by atoms with Crippen LogP contribution in [0.5, 0.6) is 11.6 Å². The van der Waals surface area contributed by atoms with Crippen LogP contribution >= 0.6 is 0 Å². The minimum Gasteiger partial charge on any atom is -0.436 e. The SMILES string of the molecule is Fc1cccc(Oc2ccc3nccnc3n2)c1F. The number of ether oxygens (including phenoxy) is 1. The van der Waals surface area contributed by atoms with Crippen molar-refractivity contribution in [3.8, 4) is 11.6 Å². The molecular weight excluding hydrogens is 252 g/mol. The molecule has 0 radical (unpaired) electrons. The lowest BCUT2D eigenvalue weighted by Gasteiger charge is -2.06. The molecule has 19 heavy (non-hydrogen) atoms. The fourth-order valence-electron chi connectivity index (χ4n) is 1.57. The van der Waals surface area contributed by atoms with Gasteiger partial charge in [-0.2, -0.15) is 9.37 Å². The molecule has 0 saturated carbocycles. The summed E-state index contributed by atoms with van der Waals surface area (Å²) in [5, 5.41) is 0. The highest BCUT2D eigenvalue weighted by molar-refractivity contribution is 5.69. The van der Waals surface area contributed by atoms with Gasteiger partial charge in [-0.3, -0.25) is 4.98 Å².